The average Bonchev–Trinajstić information content (AvgIpc) is 2.86. The normalized spacial score (nSPS) is 30.2. The zero-order valence-electron chi connectivity index (χ0n) is 12.8. The molecule has 110 valence electrons. The molecular formula is C17H27N3. The van der Waals surface area contributed by atoms with E-state index in [4.69, 9.17) is 5.73 Å². The van der Waals surface area contributed by atoms with E-state index in [-0.39, 0.29) is 5.54 Å². The third-order valence-electron chi connectivity index (χ3n) is 5.48. The zero-order valence-corrected chi connectivity index (χ0v) is 12.8. The van der Waals surface area contributed by atoms with E-state index in [1.165, 1.54) is 50.0 Å². The summed E-state index contributed by atoms with van der Waals surface area (Å²) in [6.07, 6.45) is 5.20. The molecule has 2 aliphatic heterocycles. The van der Waals surface area contributed by atoms with Crippen molar-refractivity contribution in [1.82, 2.24) is 4.90 Å². The lowest BCUT2D eigenvalue weighted by atomic mass is 9.83. The fraction of sp³-hybridized carbons (Fsp3) is 0.647. The number of hydrogen-bond donors (Lipinski definition) is 1. The van der Waals surface area contributed by atoms with Crippen molar-refractivity contribution in [3.05, 3.63) is 29.8 Å². The van der Waals surface area contributed by atoms with Gasteiger partial charge in [0.15, 0.2) is 0 Å². The fourth-order valence-corrected chi connectivity index (χ4v) is 4.23. The number of piperidine rings is 1. The van der Waals surface area contributed by atoms with Gasteiger partial charge < -0.3 is 10.6 Å². The van der Waals surface area contributed by atoms with Crippen LogP contribution in [0, 0.1) is 6.92 Å². The Kier molecular flexibility index (Phi) is 3.74. The topological polar surface area (TPSA) is 32.5 Å². The maximum Gasteiger partial charge on any atom is 0.0687 e. The van der Waals surface area contributed by atoms with Crippen LogP contribution in [-0.2, 0) is 0 Å². The van der Waals surface area contributed by atoms with Crippen LogP contribution < -0.4 is 10.6 Å². The monoisotopic (exact) mass is 273 g/mol. The Labute approximate surface area is 122 Å². The molecule has 2 heterocycles. The summed E-state index contributed by atoms with van der Waals surface area (Å²) in [5, 5.41) is 0. The van der Waals surface area contributed by atoms with Crippen molar-refractivity contribution in [2.24, 2.45) is 5.73 Å². The first kappa shape index (κ1) is 13.9. The third kappa shape index (κ3) is 2.13. The first-order valence-corrected chi connectivity index (χ1v) is 7.92. The van der Waals surface area contributed by atoms with Crippen LogP contribution in [0.5, 0.6) is 0 Å². The SMILES string of the molecule is Cc1cccc(N(C)C2(CN)CCN3CCCCC32)c1. The van der Waals surface area contributed by atoms with Gasteiger partial charge in [-0.1, -0.05) is 18.6 Å². The fourth-order valence-electron chi connectivity index (χ4n) is 4.23. The molecule has 0 bridgehead atoms. The van der Waals surface area contributed by atoms with Crippen LogP contribution in [-0.4, -0.2) is 43.2 Å². The Morgan fingerprint density at radius 3 is 2.95 bits per heavy atom. The molecule has 3 rings (SSSR count). The molecule has 20 heavy (non-hydrogen) atoms. The van der Waals surface area contributed by atoms with E-state index in [1.54, 1.807) is 0 Å². The quantitative estimate of drug-likeness (QED) is 0.918. The predicted molar refractivity (Wildman–Crippen MR) is 85.2 cm³/mol. The maximum absolute atomic E-state index is 6.28. The molecule has 2 unspecified atom stereocenters. The van der Waals surface area contributed by atoms with Gasteiger partial charge in [-0.05, 0) is 50.4 Å². The molecule has 1 aromatic rings. The van der Waals surface area contributed by atoms with Gasteiger partial charge in [-0.2, -0.15) is 0 Å². The van der Waals surface area contributed by atoms with Crippen molar-refractivity contribution in [2.75, 3.05) is 31.6 Å². The Bertz CT molecular complexity index is 473. The first-order valence-electron chi connectivity index (χ1n) is 7.92. The molecule has 0 radical (unpaired) electrons. The highest BCUT2D eigenvalue weighted by atomic mass is 15.3. The number of nitrogens with two attached hydrogens (primary N) is 1. The third-order valence-corrected chi connectivity index (χ3v) is 5.48. The van der Waals surface area contributed by atoms with E-state index in [0.717, 1.165) is 6.54 Å². The number of fused-ring (bicyclic) bond motifs is 1. The van der Waals surface area contributed by atoms with Gasteiger partial charge in [0, 0.05) is 31.9 Å². The molecule has 0 spiro atoms. The second-order valence-electron chi connectivity index (χ2n) is 6.50. The molecule has 3 nitrogen and oxygen atoms in total. The predicted octanol–water partition coefficient (Wildman–Crippen LogP) is 2.39. The van der Waals surface area contributed by atoms with Crippen molar-refractivity contribution in [3.63, 3.8) is 0 Å². The molecule has 3 heteroatoms. The number of benzene rings is 1. The standard InChI is InChI=1S/C17H27N3/c1-14-6-5-7-15(12-14)19(2)17(13-18)9-11-20-10-4-3-8-16(17)20/h5-7,12,16H,3-4,8-11,13,18H2,1-2H3. The zero-order chi connectivity index (χ0) is 14.2. The van der Waals surface area contributed by atoms with Crippen molar-refractivity contribution >= 4 is 5.69 Å². The van der Waals surface area contributed by atoms with E-state index < -0.39 is 0 Å². The Morgan fingerprint density at radius 1 is 1.35 bits per heavy atom. The summed E-state index contributed by atoms with van der Waals surface area (Å²) in [5.74, 6) is 0. The minimum atomic E-state index is 0.119. The number of nitrogens with zero attached hydrogens (tertiary/aromatic N) is 2. The summed E-state index contributed by atoms with van der Waals surface area (Å²) in [7, 11) is 2.24. The number of likely N-dealkylation sites (N-methyl/N-ethyl adjacent to an activating group) is 1. The van der Waals surface area contributed by atoms with Crippen LogP contribution in [0.25, 0.3) is 0 Å². The molecule has 0 aromatic heterocycles. The van der Waals surface area contributed by atoms with Crippen LogP contribution in [0.2, 0.25) is 0 Å². The summed E-state index contributed by atoms with van der Waals surface area (Å²) in [5.41, 5.74) is 9.03. The molecule has 2 N–H and O–H groups in total. The second kappa shape index (κ2) is 5.38. The average molecular weight is 273 g/mol. The van der Waals surface area contributed by atoms with E-state index in [1.807, 2.05) is 0 Å². The van der Waals surface area contributed by atoms with Gasteiger partial charge in [-0.15, -0.1) is 0 Å². The van der Waals surface area contributed by atoms with Gasteiger partial charge in [-0.25, -0.2) is 0 Å². The molecular weight excluding hydrogens is 246 g/mol. The molecule has 0 amide bonds. The summed E-state index contributed by atoms with van der Waals surface area (Å²) in [6.45, 7) is 5.37. The van der Waals surface area contributed by atoms with Crippen molar-refractivity contribution < 1.29 is 0 Å². The molecule has 0 saturated carbocycles. The molecule has 2 fully saturated rings. The lowest BCUT2D eigenvalue weighted by molar-refractivity contribution is 0.157. The number of anilines is 1. The van der Waals surface area contributed by atoms with E-state index in [9.17, 15) is 0 Å². The molecule has 2 saturated heterocycles. The van der Waals surface area contributed by atoms with Gasteiger partial charge in [0.05, 0.1) is 5.54 Å². The van der Waals surface area contributed by atoms with Crippen LogP contribution in [0.1, 0.15) is 31.2 Å². The van der Waals surface area contributed by atoms with Gasteiger partial charge in [0.2, 0.25) is 0 Å². The van der Waals surface area contributed by atoms with Crippen LogP contribution in [0.3, 0.4) is 0 Å². The van der Waals surface area contributed by atoms with E-state index in [0.29, 0.717) is 6.04 Å². The van der Waals surface area contributed by atoms with E-state index >= 15 is 0 Å². The van der Waals surface area contributed by atoms with Crippen LogP contribution in [0.4, 0.5) is 5.69 Å². The lowest BCUT2D eigenvalue weighted by Crippen LogP contribution is -2.61. The summed E-state index contributed by atoms with van der Waals surface area (Å²) >= 11 is 0. The highest BCUT2D eigenvalue weighted by Gasteiger charge is 2.49. The van der Waals surface area contributed by atoms with Crippen molar-refractivity contribution in [3.8, 4) is 0 Å². The van der Waals surface area contributed by atoms with Gasteiger partial charge in [0.1, 0.15) is 0 Å². The number of hydrogen-bond acceptors (Lipinski definition) is 3. The molecule has 0 aliphatic carbocycles. The Morgan fingerprint density at radius 2 is 2.20 bits per heavy atom. The van der Waals surface area contributed by atoms with Gasteiger partial charge >= 0.3 is 0 Å². The van der Waals surface area contributed by atoms with Gasteiger partial charge in [-0.3, -0.25) is 4.90 Å². The largest absolute Gasteiger partial charge is 0.366 e. The van der Waals surface area contributed by atoms with Crippen molar-refractivity contribution in [2.45, 2.75) is 44.2 Å². The maximum atomic E-state index is 6.28. The number of rotatable bonds is 3. The summed E-state index contributed by atoms with van der Waals surface area (Å²) in [6, 6.07) is 9.44. The minimum Gasteiger partial charge on any atom is -0.366 e. The molecule has 2 atom stereocenters. The lowest BCUT2D eigenvalue weighted by Gasteiger charge is -2.47. The minimum absolute atomic E-state index is 0.119. The van der Waals surface area contributed by atoms with Crippen LogP contribution >= 0.6 is 0 Å². The van der Waals surface area contributed by atoms with Crippen molar-refractivity contribution in [1.29, 1.82) is 0 Å². The molecule has 1 aromatic carbocycles. The second-order valence-corrected chi connectivity index (χ2v) is 6.50. The highest BCUT2D eigenvalue weighted by Crippen LogP contribution is 2.40. The van der Waals surface area contributed by atoms with E-state index in [2.05, 4.69) is 48.0 Å². The summed E-state index contributed by atoms with van der Waals surface area (Å²) in [4.78, 5) is 5.14. The number of aryl methyl sites for hydroxylation is 1. The Balaban J connectivity index is 1.92. The first-order chi connectivity index (χ1) is 9.67. The highest BCUT2D eigenvalue weighted by molar-refractivity contribution is 5.51. The van der Waals surface area contributed by atoms with Crippen LogP contribution in [0.15, 0.2) is 24.3 Å². The van der Waals surface area contributed by atoms with Gasteiger partial charge in [0.25, 0.3) is 0 Å². The molecule has 2 aliphatic rings. The summed E-state index contributed by atoms with van der Waals surface area (Å²) < 4.78 is 0. The smallest absolute Gasteiger partial charge is 0.0687 e. The Hall–Kier alpha value is -1.06.